The molecular formula is C15H17N3O2. The van der Waals surface area contributed by atoms with E-state index in [9.17, 15) is 0 Å². The number of pyridine rings is 1. The first-order valence-corrected chi connectivity index (χ1v) is 6.31. The predicted molar refractivity (Wildman–Crippen MR) is 77.6 cm³/mol. The third kappa shape index (κ3) is 3.98. The minimum atomic E-state index is 0.300. The first kappa shape index (κ1) is 13.9. The summed E-state index contributed by atoms with van der Waals surface area (Å²) in [4.78, 5) is 9.08. The average molecular weight is 271 g/mol. The minimum Gasteiger partial charge on any atom is -0.490 e. The van der Waals surface area contributed by atoms with Gasteiger partial charge in [0.2, 0.25) is 0 Å². The van der Waals surface area contributed by atoms with Gasteiger partial charge in [-0.15, -0.1) is 0 Å². The van der Waals surface area contributed by atoms with Crippen LogP contribution < -0.4 is 10.5 Å². The van der Waals surface area contributed by atoms with Crippen molar-refractivity contribution < 1.29 is 9.57 Å². The first-order chi connectivity index (χ1) is 9.77. The van der Waals surface area contributed by atoms with Crippen LogP contribution in [0.2, 0.25) is 0 Å². The van der Waals surface area contributed by atoms with Crippen molar-refractivity contribution in [3.63, 3.8) is 0 Å². The summed E-state index contributed by atoms with van der Waals surface area (Å²) >= 11 is 0. The third-order valence-corrected chi connectivity index (χ3v) is 2.65. The van der Waals surface area contributed by atoms with Crippen LogP contribution in [0.5, 0.6) is 5.75 Å². The van der Waals surface area contributed by atoms with Crippen LogP contribution in [0.15, 0.2) is 53.9 Å². The van der Waals surface area contributed by atoms with E-state index in [0.29, 0.717) is 19.0 Å². The molecule has 0 radical (unpaired) electrons. The molecule has 1 aromatic heterocycles. The highest BCUT2D eigenvalue weighted by Gasteiger charge is 1.99. The van der Waals surface area contributed by atoms with E-state index in [0.717, 1.165) is 16.9 Å². The van der Waals surface area contributed by atoms with E-state index in [2.05, 4.69) is 10.1 Å². The highest BCUT2D eigenvalue weighted by molar-refractivity contribution is 5.96. The summed E-state index contributed by atoms with van der Waals surface area (Å²) in [7, 11) is 0. The molecule has 0 aliphatic rings. The van der Waals surface area contributed by atoms with Gasteiger partial charge in [0.05, 0.1) is 0 Å². The van der Waals surface area contributed by atoms with Gasteiger partial charge in [-0.25, -0.2) is 0 Å². The highest BCUT2D eigenvalue weighted by atomic mass is 16.6. The van der Waals surface area contributed by atoms with Crippen LogP contribution in [-0.4, -0.2) is 24.0 Å². The molecule has 2 aromatic rings. The van der Waals surface area contributed by atoms with Gasteiger partial charge in [0.1, 0.15) is 12.4 Å². The summed E-state index contributed by atoms with van der Waals surface area (Å²) in [6.45, 7) is 2.73. The predicted octanol–water partition coefficient (Wildman–Crippen LogP) is 2.11. The number of amidine groups is 1. The molecule has 1 heterocycles. The normalized spacial score (nSPS) is 11.2. The van der Waals surface area contributed by atoms with Crippen LogP contribution in [0.4, 0.5) is 0 Å². The van der Waals surface area contributed by atoms with Gasteiger partial charge in [0.25, 0.3) is 0 Å². The Bertz CT molecular complexity index is 570. The first-order valence-electron chi connectivity index (χ1n) is 6.31. The van der Waals surface area contributed by atoms with E-state index in [1.807, 2.05) is 37.3 Å². The molecule has 0 saturated heterocycles. The molecule has 5 nitrogen and oxygen atoms in total. The van der Waals surface area contributed by atoms with E-state index in [-0.39, 0.29) is 0 Å². The Morgan fingerprint density at radius 1 is 1.20 bits per heavy atom. The Morgan fingerprint density at radius 3 is 2.80 bits per heavy atom. The molecule has 0 spiro atoms. The molecule has 0 bridgehead atoms. The smallest absolute Gasteiger partial charge is 0.171 e. The zero-order chi connectivity index (χ0) is 14.2. The number of para-hydroxylation sites is 1. The molecule has 2 rings (SSSR count). The van der Waals surface area contributed by atoms with E-state index in [4.69, 9.17) is 15.3 Å². The van der Waals surface area contributed by atoms with Crippen LogP contribution in [0.25, 0.3) is 0 Å². The molecule has 0 amide bonds. The van der Waals surface area contributed by atoms with Crippen molar-refractivity contribution in [3.05, 3.63) is 59.9 Å². The molecule has 20 heavy (non-hydrogen) atoms. The zero-order valence-electron chi connectivity index (χ0n) is 11.3. The number of oxime groups is 1. The maximum atomic E-state index is 5.76. The largest absolute Gasteiger partial charge is 0.490 e. The maximum Gasteiger partial charge on any atom is 0.171 e. The lowest BCUT2D eigenvalue weighted by atomic mass is 10.2. The third-order valence-electron chi connectivity index (χ3n) is 2.65. The number of benzene rings is 1. The number of nitrogens with zero attached hydrogens (tertiary/aromatic N) is 2. The Labute approximate surface area is 118 Å². The van der Waals surface area contributed by atoms with Crippen molar-refractivity contribution in [2.75, 3.05) is 13.2 Å². The number of aromatic nitrogens is 1. The van der Waals surface area contributed by atoms with Crippen molar-refractivity contribution in [1.82, 2.24) is 4.98 Å². The number of ether oxygens (including phenoxy) is 1. The molecule has 0 fully saturated rings. The minimum absolute atomic E-state index is 0.300. The molecule has 1 aromatic carbocycles. The van der Waals surface area contributed by atoms with E-state index < -0.39 is 0 Å². The molecule has 0 aliphatic heterocycles. The summed E-state index contributed by atoms with van der Waals surface area (Å²) < 4.78 is 5.58. The number of hydrogen-bond acceptors (Lipinski definition) is 4. The van der Waals surface area contributed by atoms with Crippen molar-refractivity contribution in [1.29, 1.82) is 0 Å². The molecule has 104 valence electrons. The van der Waals surface area contributed by atoms with E-state index >= 15 is 0 Å². The van der Waals surface area contributed by atoms with Crippen LogP contribution >= 0.6 is 0 Å². The van der Waals surface area contributed by atoms with Crippen molar-refractivity contribution in [3.8, 4) is 5.75 Å². The lowest BCUT2D eigenvalue weighted by molar-refractivity contribution is 0.107. The number of rotatable bonds is 6. The van der Waals surface area contributed by atoms with Gasteiger partial charge in [0, 0.05) is 18.0 Å². The quantitative estimate of drug-likeness (QED) is 0.378. The van der Waals surface area contributed by atoms with Crippen LogP contribution in [0.1, 0.15) is 11.1 Å². The fourth-order valence-corrected chi connectivity index (χ4v) is 1.59. The fourth-order valence-electron chi connectivity index (χ4n) is 1.59. The number of hydrogen-bond donors (Lipinski definition) is 1. The fraction of sp³-hybridized carbons (Fsp3) is 0.200. The van der Waals surface area contributed by atoms with Gasteiger partial charge in [0.15, 0.2) is 12.4 Å². The molecule has 5 heteroatoms. The van der Waals surface area contributed by atoms with Crippen molar-refractivity contribution >= 4 is 5.84 Å². The van der Waals surface area contributed by atoms with Gasteiger partial charge < -0.3 is 15.3 Å². The Hall–Kier alpha value is -2.56. The molecule has 0 aliphatic carbocycles. The molecule has 2 N–H and O–H groups in total. The standard InChI is InChI=1S/C15H17N3O2/c1-12-5-2-3-7-14(12)19-9-10-20-18-15(16)13-6-4-8-17-11-13/h2-8,11H,9-10H2,1H3,(H2,16,18). The summed E-state index contributed by atoms with van der Waals surface area (Å²) in [5.74, 6) is 1.15. The van der Waals surface area contributed by atoms with Crippen molar-refractivity contribution in [2.45, 2.75) is 6.92 Å². The monoisotopic (exact) mass is 271 g/mol. The molecule has 0 atom stereocenters. The Morgan fingerprint density at radius 2 is 2.05 bits per heavy atom. The molecule has 0 saturated carbocycles. The Kier molecular flexibility index (Phi) is 4.94. The Balaban J connectivity index is 1.76. The van der Waals surface area contributed by atoms with Gasteiger partial charge >= 0.3 is 0 Å². The SMILES string of the molecule is Cc1ccccc1OCCON=C(N)c1cccnc1. The van der Waals surface area contributed by atoms with E-state index in [1.54, 1.807) is 18.5 Å². The molecule has 0 unspecified atom stereocenters. The number of nitrogens with two attached hydrogens (primary N) is 1. The number of aryl methyl sites for hydroxylation is 1. The van der Waals surface area contributed by atoms with Crippen molar-refractivity contribution in [2.24, 2.45) is 10.9 Å². The van der Waals surface area contributed by atoms with Gasteiger partial charge in [-0.05, 0) is 30.7 Å². The maximum absolute atomic E-state index is 5.76. The van der Waals surface area contributed by atoms with E-state index in [1.165, 1.54) is 0 Å². The van der Waals surface area contributed by atoms with Gasteiger partial charge in [-0.1, -0.05) is 23.4 Å². The average Bonchev–Trinajstić information content (AvgIpc) is 2.49. The summed E-state index contributed by atoms with van der Waals surface area (Å²) in [6.07, 6.45) is 3.31. The zero-order valence-corrected chi connectivity index (χ0v) is 11.3. The molecular weight excluding hydrogens is 254 g/mol. The second-order valence-corrected chi connectivity index (χ2v) is 4.17. The lowest BCUT2D eigenvalue weighted by Crippen LogP contribution is -2.15. The van der Waals surface area contributed by atoms with Crippen LogP contribution in [0.3, 0.4) is 0 Å². The van der Waals surface area contributed by atoms with Gasteiger partial charge in [-0.2, -0.15) is 0 Å². The van der Waals surface area contributed by atoms with Crippen LogP contribution in [0, 0.1) is 6.92 Å². The highest BCUT2D eigenvalue weighted by Crippen LogP contribution is 2.15. The summed E-state index contributed by atoms with van der Waals surface area (Å²) in [5, 5.41) is 3.82. The van der Waals surface area contributed by atoms with Gasteiger partial charge in [-0.3, -0.25) is 4.98 Å². The topological polar surface area (TPSA) is 69.7 Å². The second kappa shape index (κ2) is 7.13. The van der Waals surface area contributed by atoms with Crippen LogP contribution in [-0.2, 0) is 4.84 Å². The second-order valence-electron chi connectivity index (χ2n) is 4.17. The summed E-state index contributed by atoms with van der Waals surface area (Å²) in [6, 6.07) is 11.4. The lowest BCUT2D eigenvalue weighted by Gasteiger charge is -2.08. The summed E-state index contributed by atoms with van der Waals surface area (Å²) in [5.41, 5.74) is 7.57.